The molecule has 3 nitrogen and oxygen atoms in total. The molecule has 0 aliphatic carbocycles. The average Bonchev–Trinajstić information content (AvgIpc) is 2.06. The van der Waals surface area contributed by atoms with Crippen molar-refractivity contribution in [3.63, 3.8) is 0 Å². The van der Waals surface area contributed by atoms with Gasteiger partial charge in [0, 0.05) is 6.20 Å². The van der Waals surface area contributed by atoms with E-state index in [1.807, 2.05) is 6.07 Å². The molecule has 1 amide bonds. The van der Waals surface area contributed by atoms with Crippen molar-refractivity contribution in [1.82, 2.24) is 4.98 Å². The molecule has 0 bridgehead atoms. The minimum atomic E-state index is -0.474. The Hall–Kier alpha value is -1.38. The average molecular weight is 164 g/mol. The number of hydrogen-bond donors (Lipinski definition) is 1. The summed E-state index contributed by atoms with van der Waals surface area (Å²) in [5, 5.41) is 0. The smallest absolute Gasteiger partial charge is 0.267 e. The van der Waals surface area contributed by atoms with Crippen molar-refractivity contribution in [2.24, 2.45) is 5.73 Å². The minimum absolute atomic E-state index is 0.329. The van der Waals surface area contributed by atoms with Crippen molar-refractivity contribution in [3.05, 3.63) is 29.6 Å². The third-order valence-corrected chi connectivity index (χ3v) is 1.62. The van der Waals surface area contributed by atoms with Crippen LogP contribution in [0.4, 0.5) is 0 Å². The number of hydrogen-bond acceptors (Lipinski definition) is 2. The predicted molar refractivity (Wildman–Crippen MR) is 46.7 cm³/mol. The third-order valence-electron chi connectivity index (χ3n) is 1.62. The molecule has 0 unspecified atom stereocenters. The number of aryl methyl sites for hydroxylation is 1. The Morgan fingerprint density at radius 2 is 2.33 bits per heavy atom. The van der Waals surface area contributed by atoms with E-state index in [0.717, 1.165) is 18.4 Å². The van der Waals surface area contributed by atoms with Crippen LogP contribution < -0.4 is 5.73 Å². The van der Waals surface area contributed by atoms with Gasteiger partial charge in [-0.25, -0.2) is 0 Å². The number of nitrogens with two attached hydrogens (primary N) is 1. The molecule has 0 spiro atoms. The van der Waals surface area contributed by atoms with Gasteiger partial charge >= 0.3 is 0 Å². The van der Waals surface area contributed by atoms with Gasteiger partial charge in [-0.15, -0.1) is 0 Å². The summed E-state index contributed by atoms with van der Waals surface area (Å²) in [6.45, 7) is 2.10. The fourth-order valence-corrected chi connectivity index (χ4v) is 1.01. The van der Waals surface area contributed by atoms with Crippen molar-refractivity contribution in [2.45, 2.75) is 19.8 Å². The molecule has 3 heteroatoms. The first-order valence-corrected chi connectivity index (χ1v) is 3.98. The van der Waals surface area contributed by atoms with Crippen LogP contribution in [0.5, 0.6) is 0 Å². The Kier molecular flexibility index (Phi) is 2.80. The zero-order valence-electron chi connectivity index (χ0n) is 7.08. The lowest BCUT2D eigenvalue weighted by molar-refractivity contribution is 0.0995. The molecule has 0 radical (unpaired) electrons. The third kappa shape index (κ3) is 2.05. The zero-order chi connectivity index (χ0) is 8.97. The van der Waals surface area contributed by atoms with E-state index in [1.54, 1.807) is 12.3 Å². The summed E-state index contributed by atoms with van der Waals surface area (Å²) < 4.78 is 0. The first kappa shape index (κ1) is 8.71. The van der Waals surface area contributed by atoms with Gasteiger partial charge in [0.1, 0.15) is 5.69 Å². The molecule has 0 saturated heterocycles. The summed E-state index contributed by atoms with van der Waals surface area (Å²) in [7, 11) is 0. The summed E-state index contributed by atoms with van der Waals surface area (Å²) >= 11 is 0. The zero-order valence-corrected chi connectivity index (χ0v) is 7.08. The van der Waals surface area contributed by atoms with E-state index in [1.165, 1.54) is 0 Å². The van der Waals surface area contributed by atoms with E-state index in [2.05, 4.69) is 11.9 Å². The van der Waals surface area contributed by atoms with Crippen molar-refractivity contribution in [2.75, 3.05) is 0 Å². The van der Waals surface area contributed by atoms with Crippen LogP contribution in [0.2, 0.25) is 0 Å². The quantitative estimate of drug-likeness (QED) is 0.728. The van der Waals surface area contributed by atoms with E-state index in [9.17, 15) is 4.79 Å². The number of carbonyl (C=O) groups is 1. The lowest BCUT2D eigenvalue weighted by Gasteiger charge is -1.97. The van der Waals surface area contributed by atoms with Crippen LogP contribution in [0.15, 0.2) is 18.3 Å². The first-order valence-electron chi connectivity index (χ1n) is 3.98. The summed E-state index contributed by atoms with van der Waals surface area (Å²) in [6, 6.07) is 3.55. The van der Waals surface area contributed by atoms with Crippen molar-refractivity contribution >= 4 is 5.91 Å². The number of amides is 1. The molecular formula is C9H12N2O. The number of rotatable bonds is 3. The van der Waals surface area contributed by atoms with Crippen LogP contribution in [0.3, 0.4) is 0 Å². The molecule has 1 aromatic rings. The van der Waals surface area contributed by atoms with Gasteiger partial charge in [0.25, 0.3) is 5.91 Å². The molecule has 0 fully saturated rings. The Morgan fingerprint density at radius 3 is 2.75 bits per heavy atom. The van der Waals surface area contributed by atoms with Gasteiger partial charge in [0.15, 0.2) is 0 Å². The van der Waals surface area contributed by atoms with Gasteiger partial charge in [-0.05, 0) is 18.1 Å². The van der Waals surface area contributed by atoms with Gasteiger partial charge in [0.05, 0.1) is 0 Å². The lowest BCUT2D eigenvalue weighted by atomic mass is 10.1. The van der Waals surface area contributed by atoms with Crippen LogP contribution in [0.1, 0.15) is 29.4 Å². The number of aromatic nitrogens is 1. The highest BCUT2D eigenvalue weighted by atomic mass is 16.1. The van der Waals surface area contributed by atoms with Crippen molar-refractivity contribution < 1.29 is 4.79 Å². The second-order valence-electron chi connectivity index (χ2n) is 2.67. The second kappa shape index (κ2) is 3.85. The molecule has 1 rings (SSSR count). The van der Waals surface area contributed by atoms with E-state index in [0.29, 0.717) is 5.69 Å². The SMILES string of the molecule is CCCc1ccc(C(N)=O)nc1. The second-order valence-corrected chi connectivity index (χ2v) is 2.67. The van der Waals surface area contributed by atoms with Gasteiger partial charge in [-0.1, -0.05) is 19.4 Å². The number of pyridine rings is 1. The lowest BCUT2D eigenvalue weighted by Crippen LogP contribution is -2.12. The summed E-state index contributed by atoms with van der Waals surface area (Å²) in [6.07, 6.45) is 3.77. The number of primary amides is 1. The monoisotopic (exact) mass is 164 g/mol. The van der Waals surface area contributed by atoms with Crippen LogP contribution in [-0.4, -0.2) is 10.9 Å². The maximum atomic E-state index is 10.6. The van der Waals surface area contributed by atoms with E-state index < -0.39 is 5.91 Å². The van der Waals surface area contributed by atoms with Crippen LogP contribution in [-0.2, 0) is 6.42 Å². The van der Waals surface area contributed by atoms with Gasteiger partial charge in [-0.2, -0.15) is 0 Å². The highest BCUT2D eigenvalue weighted by molar-refractivity contribution is 5.90. The Labute approximate surface area is 71.6 Å². The molecular weight excluding hydrogens is 152 g/mol. The molecule has 1 heterocycles. The van der Waals surface area contributed by atoms with Crippen LogP contribution in [0, 0.1) is 0 Å². The first-order chi connectivity index (χ1) is 5.74. The maximum absolute atomic E-state index is 10.6. The summed E-state index contributed by atoms with van der Waals surface area (Å²) in [5.41, 5.74) is 6.51. The van der Waals surface area contributed by atoms with Crippen molar-refractivity contribution in [3.8, 4) is 0 Å². The molecule has 0 atom stereocenters. The minimum Gasteiger partial charge on any atom is -0.364 e. The molecule has 12 heavy (non-hydrogen) atoms. The van der Waals surface area contributed by atoms with Crippen molar-refractivity contribution in [1.29, 1.82) is 0 Å². The fraction of sp³-hybridized carbons (Fsp3) is 0.333. The molecule has 0 aliphatic heterocycles. The molecule has 0 saturated carbocycles. The van der Waals surface area contributed by atoms with Gasteiger partial charge in [0.2, 0.25) is 0 Å². The number of carbonyl (C=O) groups excluding carboxylic acids is 1. The van der Waals surface area contributed by atoms with Crippen LogP contribution in [0.25, 0.3) is 0 Å². The highest BCUT2D eigenvalue weighted by Crippen LogP contribution is 2.02. The van der Waals surface area contributed by atoms with E-state index >= 15 is 0 Å². The topological polar surface area (TPSA) is 56.0 Å². The largest absolute Gasteiger partial charge is 0.364 e. The number of nitrogens with zero attached hydrogens (tertiary/aromatic N) is 1. The van der Waals surface area contributed by atoms with Gasteiger partial charge in [-0.3, -0.25) is 9.78 Å². The maximum Gasteiger partial charge on any atom is 0.267 e. The molecule has 1 aromatic heterocycles. The Balaban J connectivity index is 2.78. The van der Waals surface area contributed by atoms with Crippen LogP contribution >= 0.6 is 0 Å². The summed E-state index contributed by atoms with van der Waals surface area (Å²) in [4.78, 5) is 14.6. The van der Waals surface area contributed by atoms with Gasteiger partial charge < -0.3 is 5.73 Å². The fourth-order valence-electron chi connectivity index (χ4n) is 1.01. The standard InChI is InChI=1S/C9H12N2O/c1-2-3-7-4-5-8(9(10)12)11-6-7/h4-6H,2-3H2,1H3,(H2,10,12). The van der Waals surface area contributed by atoms with E-state index in [4.69, 9.17) is 5.73 Å². The predicted octanol–water partition coefficient (Wildman–Crippen LogP) is 1.13. The Bertz CT molecular complexity index is 266. The molecule has 2 N–H and O–H groups in total. The molecule has 0 aliphatic rings. The van der Waals surface area contributed by atoms with E-state index in [-0.39, 0.29) is 0 Å². The normalized spacial score (nSPS) is 9.75. The highest BCUT2D eigenvalue weighted by Gasteiger charge is 2.00. The summed E-state index contributed by atoms with van der Waals surface area (Å²) in [5.74, 6) is -0.474. The molecule has 64 valence electrons. The Morgan fingerprint density at radius 1 is 1.58 bits per heavy atom. The molecule has 0 aromatic carbocycles.